The Morgan fingerprint density at radius 2 is 1.68 bits per heavy atom. The zero-order valence-corrected chi connectivity index (χ0v) is 18.7. The van der Waals surface area contributed by atoms with Gasteiger partial charge in [0.1, 0.15) is 0 Å². The van der Waals surface area contributed by atoms with E-state index in [2.05, 4.69) is 12.2 Å². The summed E-state index contributed by atoms with van der Waals surface area (Å²) in [5.41, 5.74) is -0.414. The van der Waals surface area contributed by atoms with E-state index in [1.165, 1.54) is 0 Å². The van der Waals surface area contributed by atoms with Crippen LogP contribution in [0, 0.1) is 0 Å². The Morgan fingerprint density at radius 1 is 1.11 bits per heavy atom. The quantitative estimate of drug-likeness (QED) is 0.587. The average Bonchev–Trinajstić information content (AvgIpc) is 3.29. The van der Waals surface area contributed by atoms with Gasteiger partial charge in [0.25, 0.3) is 5.91 Å². The molecule has 5 nitrogen and oxygen atoms in total. The van der Waals surface area contributed by atoms with Gasteiger partial charge in [0, 0.05) is 15.3 Å². The van der Waals surface area contributed by atoms with Crippen LogP contribution in [-0.4, -0.2) is 28.5 Å². The van der Waals surface area contributed by atoms with Crippen molar-refractivity contribution in [3.8, 4) is 0 Å². The lowest BCUT2D eigenvalue weighted by Gasteiger charge is -2.28. The fourth-order valence-corrected chi connectivity index (χ4v) is 4.12. The number of alkyl carbamates (subject to hydrolysis) is 1. The van der Waals surface area contributed by atoms with Gasteiger partial charge in [-0.05, 0) is 56.5 Å². The zero-order valence-electron chi connectivity index (χ0n) is 17.1. The van der Waals surface area contributed by atoms with Crippen LogP contribution in [0.1, 0.15) is 56.7 Å². The molecule has 1 N–H and O–H groups in total. The van der Waals surface area contributed by atoms with Gasteiger partial charge in [-0.3, -0.25) is 4.79 Å². The summed E-state index contributed by atoms with van der Waals surface area (Å²) in [4.78, 5) is 29.6. The molecule has 2 aromatic heterocycles. The molecular weight excluding hydrogens is 392 g/mol. The summed E-state index contributed by atoms with van der Waals surface area (Å²) in [6.07, 6.45) is 0.962. The maximum Gasteiger partial charge on any atom is 0.408 e. The lowest BCUT2D eigenvalue weighted by atomic mass is 10.1. The molecule has 28 heavy (non-hydrogen) atoms. The molecule has 1 atom stereocenters. The molecule has 154 valence electrons. The van der Waals surface area contributed by atoms with E-state index >= 15 is 0 Å². The number of carbonyl (C=O) groups is 2. The molecule has 0 aliphatic heterocycles. The number of nitrogens with one attached hydrogen (secondary N) is 1. The van der Waals surface area contributed by atoms with Crippen LogP contribution < -0.4 is 5.32 Å². The molecule has 0 saturated carbocycles. The smallest absolute Gasteiger partial charge is 0.408 e. The van der Waals surface area contributed by atoms with Crippen molar-refractivity contribution in [3.63, 3.8) is 0 Å². The van der Waals surface area contributed by atoms with Crippen molar-refractivity contribution in [1.82, 2.24) is 10.2 Å². The fourth-order valence-electron chi connectivity index (χ4n) is 2.68. The number of unbranched alkanes of at least 4 members (excludes halogenated alkanes) is 1. The molecule has 0 bridgehead atoms. The predicted molar refractivity (Wildman–Crippen MR) is 116 cm³/mol. The molecule has 0 aliphatic rings. The largest absolute Gasteiger partial charge is 0.436 e. The maximum absolute atomic E-state index is 13.3. The van der Waals surface area contributed by atoms with Crippen molar-refractivity contribution >= 4 is 34.7 Å². The van der Waals surface area contributed by atoms with Crippen LogP contribution in [0.3, 0.4) is 0 Å². The van der Waals surface area contributed by atoms with E-state index in [4.69, 9.17) is 4.74 Å². The standard InChI is InChI=1S/C21H30N2O3S2/c1-5-6-11-18(26-20(25)22-21(2,3)4)19(24)23(14-16-9-7-12-27-16)15-17-10-8-13-28-17/h7-10,12-13,18H,5-6,11,14-15H2,1-4H3,(H,22,25)/t18-/m1/s1. The number of thiophene rings is 2. The van der Waals surface area contributed by atoms with E-state index in [-0.39, 0.29) is 5.91 Å². The maximum atomic E-state index is 13.3. The SMILES string of the molecule is CCCC[C@@H](OC(=O)NC(C)(C)C)C(=O)N(Cc1cccs1)Cc1cccs1. The van der Waals surface area contributed by atoms with Crippen LogP contribution >= 0.6 is 22.7 Å². The minimum Gasteiger partial charge on any atom is -0.436 e. The molecule has 0 aromatic carbocycles. The van der Waals surface area contributed by atoms with Crippen molar-refractivity contribution in [2.45, 2.75) is 71.7 Å². The predicted octanol–water partition coefficient (Wildman–Crippen LogP) is 5.42. The van der Waals surface area contributed by atoms with Crippen LogP contribution in [0.5, 0.6) is 0 Å². The van der Waals surface area contributed by atoms with Gasteiger partial charge in [0.15, 0.2) is 6.10 Å². The first kappa shape index (κ1) is 22.4. The number of rotatable bonds is 9. The summed E-state index contributed by atoms with van der Waals surface area (Å²) in [7, 11) is 0. The number of carbonyl (C=O) groups excluding carboxylic acids is 2. The van der Waals surface area contributed by atoms with Gasteiger partial charge < -0.3 is 15.0 Å². The van der Waals surface area contributed by atoms with E-state index < -0.39 is 17.7 Å². The molecule has 2 rings (SSSR count). The van der Waals surface area contributed by atoms with Crippen molar-refractivity contribution < 1.29 is 14.3 Å². The van der Waals surface area contributed by atoms with Crippen LogP contribution in [0.25, 0.3) is 0 Å². The minimum atomic E-state index is -0.776. The Morgan fingerprint density at radius 3 is 2.11 bits per heavy atom. The molecule has 0 saturated heterocycles. The van der Waals surface area contributed by atoms with Crippen molar-refractivity contribution in [3.05, 3.63) is 44.8 Å². The molecule has 2 amide bonds. The first-order valence-electron chi connectivity index (χ1n) is 9.61. The third-order valence-corrected chi connectivity index (χ3v) is 5.71. The Labute approximate surface area is 175 Å². The third kappa shape index (κ3) is 7.64. The van der Waals surface area contributed by atoms with Crippen molar-refractivity contribution in [1.29, 1.82) is 0 Å². The van der Waals surface area contributed by atoms with E-state index in [1.807, 2.05) is 55.8 Å². The minimum absolute atomic E-state index is 0.140. The van der Waals surface area contributed by atoms with Gasteiger partial charge in [-0.1, -0.05) is 25.5 Å². The molecule has 0 spiro atoms. The second-order valence-electron chi connectivity index (χ2n) is 7.76. The summed E-state index contributed by atoms with van der Waals surface area (Å²) in [5.74, 6) is -0.140. The lowest BCUT2D eigenvalue weighted by molar-refractivity contribution is -0.142. The summed E-state index contributed by atoms with van der Waals surface area (Å²) >= 11 is 3.24. The number of hydrogen-bond acceptors (Lipinski definition) is 5. The molecule has 0 radical (unpaired) electrons. The van der Waals surface area contributed by atoms with Crippen molar-refractivity contribution in [2.75, 3.05) is 0 Å². The Balaban J connectivity index is 2.15. The number of nitrogens with zero attached hydrogens (tertiary/aromatic N) is 1. The highest BCUT2D eigenvalue weighted by atomic mass is 32.1. The van der Waals surface area contributed by atoms with E-state index in [9.17, 15) is 9.59 Å². The molecule has 0 unspecified atom stereocenters. The normalized spacial score (nSPS) is 12.4. The van der Waals surface area contributed by atoms with E-state index in [0.717, 1.165) is 22.6 Å². The first-order chi connectivity index (χ1) is 13.3. The summed E-state index contributed by atoms with van der Waals surface area (Å²) in [5, 5.41) is 6.79. The van der Waals surface area contributed by atoms with Gasteiger partial charge in [0.05, 0.1) is 13.1 Å². The first-order valence-corrected chi connectivity index (χ1v) is 11.4. The van der Waals surface area contributed by atoms with E-state index in [1.54, 1.807) is 27.6 Å². The highest BCUT2D eigenvalue weighted by molar-refractivity contribution is 7.10. The van der Waals surface area contributed by atoms with Crippen LogP contribution in [0.4, 0.5) is 4.79 Å². The Bertz CT molecular complexity index is 685. The van der Waals surface area contributed by atoms with Crippen LogP contribution in [0.2, 0.25) is 0 Å². The second kappa shape index (κ2) is 10.6. The molecule has 7 heteroatoms. The topological polar surface area (TPSA) is 58.6 Å². The van der Waals surface area contributed by atoms with Gasteiger partial charge in [-0.2, -0.15) is 0 Å². The Kier molecular flexibility index (Phi) is 8.51. The fraction of sp³-hybridized carbons (Fsp3) is 0.524. The highest BCUT2D eigenvalue weighted by Gasteiger charge is 2.29. The lowest BCUT2D eigenvalue weighted by Crippen LogP contribution is -2.46. The van der Waals surface area contributed by atoms with E-state index in [0.29, 0.717) is 19.5 Å². The van der Waals surface area contributed by atoms with Gasteiger partial charge in [-0.15, -0.1) is 22.7 Å². The molecular formula is C21H30N2O3S2. The Hall–Kier alpha value is -1.86. The second-order valence-corrected chi connectivity index (χ2v) is 9.83. The van der Waals surface area contributed by atoms with Crippen LogP contribution in [-0.2, 0) is 22.6 Å². The third-order valence-electron chi connectivity index (χ3n) is 3.99. The monoisotopic (exact) mass is 422 g/mol. The summed E-state index contributed by atoms with van der Waals surface area (Å²) in [6.45, 7) is 8.75. The highest BCUT2D eigenvalue weighted by Crippen LogP contribution is 2.20. The van der Waals surface area contributed by atoms with Gasteiger partial charge in [-0.25, -0.2) is 4.79 Å². The van der Waals surface area contributed by atoms with Gasteiger partial charge in [0.2, 0.25) is 0 Å². The average molecular weight is 423 g/mol. The summed E-state index contributed by atoms with van der Waals surface area (Å²) in [6, 6.07) is 8.01. The molecule has 0 aliphatic carbocycles. The van der Waals surface area contributed by atoms with Crippen LogP contribution in [0.15, 0.2) is 35.0 Å². The van der Waals surface area contributed by atoms with Gasteiger partial charge >= 0.3 is 6.09 Å². The molecule has 0 fully saturated rings. The number of hydrogen-bond donors (Lipinski definition) is 1. The van der Waals surface area contributed by atoms with Crippen molar-refractivity contribution in [2.24, 2.45) is 0 Å². The summed E-state index contributed by atoms with van der Waals surface area (Å²) < 4.78 is 5.58. The number of amides is 2. The molecule has 2 aromatic rings. The number of ether oxygens (including phenoxy) is 1. The zero-order chi connectivity index (χ0) is 20.6. The molecule has 2 heterocycles.